The van der Waals surface area contributed by atoms with Gasteiger partial charge in [-0.2, -0.15) is 9.41 Å². The van der Waals surface area contributed by atoms with Crippen molar-refractivity contribution in [3.8, 4) is 0 Å². The zero-order valence-corrected chi connectivity index (χ0v) is 17.5. The van der Waals surface area contributed by atoms with Gasteiger partial charge in [0.05, 0.1) is 43.2 Å². The van der Waals surface area contributed by atoms with Gasteiger partial charge < -0.3 is 5.32 Å². The predicted octanol–water partition coefficient (Wildman–Crippen LogP) is 0.102. The van der Waals surface area contributed by atoms with Gasteiger partial charge in [-0.15, -0.1) is 11.3 Å². The minimum absolute atomic E-state index is 0.180. The number of sulfonamides is 1. The Morgan fingerprint density at radius 3 is 2.57 bits per heavy atom. The Bertz CT molecular complexity index is 961. The Labute approximate surface area is 168 Å². The summed E-state index contributed by atoms with van der Waals surface area (Å²) in [6.07, 6.45) is 0.180. The van der Waals surface area contributed by atoms with Crippen LogP contribution >= 0.6 is 11.3 Å². The lowest BCUT2D eigenvalue weighted by Gasteiger charge is -2.24. The monoisotopic (exact) mass is 422 g/mol. The highest BCUT2D eigenvalue weighted by Gasteiger charge is 2.27. The molecule has 1 amide bonds. The number of amides is 1. The van der Waals surface area contributed by atoms with Gasteiger partial charge in [-0.05, 0) is 31.5 Å². The second kappa shape index (κ2) is 8.91. The number of aromatic nitrogens is 1. The van der Waals surface area contributed by atoms with Gasteiger partial charge in [0.15, 0.2) is 0 Å². The summed E-state index contributed by atoms with van der Waals surface area (Å²) in [6.45, 7) is 6.25. The summed E-state index contributed by atoms with van der Waals surface area (Å²) in [4.78, 5) is 16.5. The molecule has 0 aliphatic carbocycles. The zero-order valence-electron chi connectivity index (χ0n) is 15.9. The highest BCUT2D eigenvalue weighted by molar-refractivity contribution is 7.89. The number of quaternary nitrogens is 1. The molecular weight excluding hydrogens is 398 g/mol. The van der Waals surface area contributed by atoms with Crippen molar-refractivity contribution in [1.82, 2.24) is 14.7 Å². The topological polar surface area (TPSA) is 108 Å². The highest BCUT2D eigenvalue weighted by Crippen LogP contribution is 2.17. The van der Waals surface area contributed by atoms with E-state index in [2.05, 4.69) is 20.8 Å². The Balaban J connectivity index is 1.63. The fraction of sp³-hybridized carbons (Fsp3) is 0.389. The molecule has 1 aliphatic heterocycles. The van der Waals surface area contributed by atoms with E-state index in [9.17, 15) is 13.2 Å². The number of carbonyl (C=O) groups is 1. The maximum Gasteiger partial charge on any atom is 0.246 e. The summed E-state index contributed by atoms with van der Waals surface area (Å²) in [6, 6.07) is 6.58. The van der Waals surface area contributed by atoms with Crippen molar-refractivity contribution in [2.24, 2.45) is 5.10 Å². The first-order valence-corrected chi connectivity index (χ1v) is 11.3. The van der Waals surface area contributed by atoms with Crippen LogP contribution in [0.5, 0.6) is 0 Å². The molecule has 3 rings (SSSR count). The molecular formula is C18H24N5O3S2+. The number of nitrogens with two attached hydrogens (primary N) is 1. The molecule has 1 saturated heterocycles. The maximum absolute atomic E-state index is 12.7. The molecule has 8 nitrogen and oxygen atoms in total. The third kappa shape index (κ3) is 5.02. The van der Waals surface area contributed by atoms with Crippen LogP contribution in [0.25, 0.3) is 0 Å². The van der Waals surface area contributed by atoms with Crippen LogP contribution in [0.2, 0.25) is 0 Å². The second-order valence-electron chi connectivity index (χ2n) is 6.59. The largest absolute Gasteiger partial charge is 0.344 e. The zero-order chi connectivity index (χ0) is 20.1. The third-order valence-electron chi connectivity index (χ3n) is 4.40. The van der Waals surface area contributed by atoms with Gasteiger partial charge in [0.2, 0.25) is 15.9 Å². The Morgan fingerprint density at radius 1 is 1.29 bits per heavy atom. The van der Waals surface area contributed by atoms with E-state index in [4.69, 9.17) is 0 Å². The molecule has 0 atom stereocenters. The molecule has 0 radical (unpaired) electrons. The quantitative estimate of drug-likeness (QED) is 0.508. The average Bonchev–Trinajstić information content (AvgIpc) is 3.11. The SMILES string of the molecule is C/C(=N/NC(=O)Cc1nc(C)cs1)c1ccc(S(=O)(=O)N2CC[NH2+]CC2)cc1. The van der Waals surface area contributed by atoms with Crippen molar-refractivity contribution < 1.29 is 18.5 Å². The fourth-order valence-electron chi connectivity index (χ4n) is 2.86. The third-order valence-corrected chi connectivity index (χ3v) is 7.28. The van der Waals surface area contributed by atoms with Gasteiger partial charge in [0.25, 0.3) is 0 Å². The van der Waals surface area contributed by atoms with Gasteiger partial charge in [-0.1, -0.05) is 12.1 Å². The number of hydrogen-bond donors (Lipinski definition) is 2. The summed E-state index contributed by atoms with van der Waals surface area (Å²) < 4.78 is 26.9. The van der Waals surface area contributed by atoms with Crippen LogP contribution in [0, 0.1) is 6.92 Å². The van der Waals surface area contributed by atoms with Crippen LogP contribution in [-0.2, 0) is 21.2 Å². The molecule has 10 heteroatoms. The Morgan fingerprint density at radius 2 is 1.96 bits per heavy atom. The van der Waals surface area contributed by atoms with Gasteiger partial charge in [-0.3, -0.25) is 4.79 Å². The molecule has 2 aromatic rings. The molecule has 0 saturated carbocycles. The first-order valence-electron chi connectivity index (χ1n) is 9.02. The Hall–Kier alpha value is -2.14. The lowest BCUT2D eigenvalue weighted by Crippen LogP contribution is -2.89. The van der Waals surface area contributed by atoms with Gasteiger partial charge in [0.1, 0.15) is 5.01 Å². The maximum atomic E-state index is 12.7. The van der Waals surface area contributed by atoms with Crippen LogP contribution in [0.4, 0.5) is 0 Å². The summed E-state index contributed by atoms with van der Waals surface area (Å²) in [5.41, 5.74) is 4.76. The van der Waals surface area contributed by atoms with Crippen LogP contribution < -0.4 is 10.7 Å². The van der Waals surface area contributed by atoms with Gasteiger partial charge >= 0.3 is 0 Å². The van der Waals surface area contributed by atoms with Crippen molar-refractivity contribution in [1.29, 1.82) is 0 Å². The molecule has 2 heterocycles. The normalized spacial score (nSPS) is 16.1. The fourth-order valence-corrected chi connectivity index (χ4v) is 5.10. The number of hydrazone groups is 1. The molecule has 1 aromatic carbocycles. The number of thiazole rings is 1. The second-order valence-corrected chi connectivity index (χ2v) is 9.47. The number of aryl methyl sites for hydroxylation is 1. The standard InChI is InChI=1S/C18H23N5O3S2/c1-13-12-27-18(20-13)11-17(24)22-21-14(2)15-3-5-16(6-4-15)28(25,26)23-9-7-19-8-10-23/h3-6,12,19H,7-11H2,1-2H3,(H,22,24)/p+1/b21-14-. The number of benzene rings is 1. The molecule has 1 aliphatic rings. The lowest BCUT2D eigenvalue weighted by atomic mass is 10.1. The molecule has 0 spiro atoms. The lowest BCUT2D eigenvalue weighted by molar-refractivity contribution is -0.661. The van der Waals surface area contributed by atoms with E-state index >= 15 is 0 Å². The minimum Gasteiger partial charge on any atom is -0.344 e. The average molecular weight is 423 g/mol. The van der Waals surface area contributed by atoms with Crippen LogP contribution in [0.15, 0.2) is 39.6 Å². The van der Waals surface area contributed by atoms with Gasteiger partial charge in [-0.25, -0.2) is 18.8 Å². The van der Waals surface area contributed by atoms with Crippen LogP contribution in [0.1, 0.15) is 23.2 Å². The minimum atomic E-state index is -3.46. The molecule has 0 bridgehead atoms. The first kappa shape index (κ1) is 20.6. The van der Waals surface area contributed by atoms with E-state index in [1.54, 1.807) is 31.2 Å². The highest BCUT2D eigenvalue weighted by atomic mass is 32.2. The predicted molar refractivity (Wildman–Crippen MR) is 108 cm³/mol. The van der Waals surface area contributed by atoms with E-state index < -0.39 is 10.0 Å². The van der Waals surface area contributed by atoms with Crippen LogP contribution in [0.3, 0.4) is 0 Å². The van der Waals surface area contributed by atoms with Crippen molar-refractivity contribution in [3.05, 3.63) is 45.9 Å². The number of carbonyl (C=O) groups excluding carboxylic acids is 1. The number of piperazine rings is 1. The summed E-state index contributed by atoms with van der Waals surface area (Å²) in [7, 11) is -3.46. The van der Waals surface area contributed by atoms with Crippen molar-refractivity contribution in [3.63, 3.8) is 0 Å². The van der Waals surface area contributed by atoms with Crippen LogP contribution in [-0.4, -0.2) is 55.5 Å². The number of hydrogen-bond acceptors (Lipinski definition) is 6. The Kier molecular flexibility index (Phi) is 6.55. The smallest absolute Gasteiger partial charge is 0.246 e. The van der Waals surface area contributed by atoms with E-state index in [0.717, 1.165) is 29.4 Å². The number of rotatable bonds is 6. The molecule has 150 valence electrons. The molecule has 28 heavy (non-hydrogen) atoms. The molecule has 0 unspecified atom stereocenters. The van der Waals surface area contributed by atoms with Crippen molar-refractivity contribution >= 4 is 33.0 Å². The summed E-state index contributed by atoms with van der Waals surface area (Å²) >= 11 is 1.44. The summed E-state index contributed by atoms with van der Waals surface area (Å²) in [5, 5.41) is 8.86. The first-order chi connectivity index (χ1) is 13.4. The van der Waals surface area contributed by atoms with Crippen molar-refractivity contribution in [2.75, 3.05) is 26.2 Å². The number of nitrogens with one attached hydrogen (secondary N) is 1. The summed E-state index contributed by atoms with van der Waals surface area (Å²) in [5.74, 6) is -0.241. The molecule has 1 fully saturated rings. The van der Waals surface area contributed by atoms with E-state index in [0.29, 0.717) is 18.8 Å². The van der Waals surface area contributed by atoms with Crippen molar-refractivity contribution in [2.45, 2.75) is 25.2 Å². The molecule has 3 N–H and O–H groups in total. The number of nitrogens with zero attached hydrogens (tertiary/aromatic N) is 3. The van der Waals surface area contributed by atoms with E-state index in [1.807, 2.05) is 12.3 Å². The van der Waals surface area contributed by atoms with E-state index in [-0.39, 0.29) is 17.2 Å². The molecule has 1 aromatic heterocycles. The van der Waals surface area contributed by atoms with Gasteiger partial charge in [0, 0.05) is 11.1 Å². The van der Waals surface area contributed by atoms with E-state index in [1.165, 1.54) is 15.6 Å².